The third-order valence-electron chi connectivity index (χ3n) is 8.63. The molecule has 0 radical (unpaired) electrons. The van der Waals surface area contributed by atoms with Crippen LogP contribution < -0.4 is 0 Å². The molecule has 0 N–H and O–H groups in total. The molecule has 0 aliphatic carbocycles. The van der Waals surface area contributed by atoms with Gasteiger partial charge in [0.1, 0.15) is 13.2 Å². The first-order valence-corrected chi connectivity index (χ1v) is 21.8. The van der Waals surface area contributed by atoms with E-state index in [1.807, 2.05) is 12.2 Å². The lowest BCUT2D eigenvalue weighted by Crippen LogP contribution is -2.30. The van der Waals surface area contributed by atoms with Crippen molar-refractivity contribution in [2.75, 3.05) is 13.2 Å². The number of hydrogen-bond acceptors (Lipinski definition) is 6. The van der Waals surface area contributed by atoms with Crippen molar-refractivity contribution in [3.8, 4) is 0 Å². The zero-order valence-corrected chi connectivity index (χ0v) is 35.1. The van der Waals surface area contributed by atoms with Crippen molar-refractivity contribution >= 4 is 17.9 Å². The smallest absolute Gasteiger partial charge is 0.306 e. The van der Waals surface area contributed by atoms with E-state index in [2.05, 4.69) is 106 Å². The fourth-order valence-electron chi connectivity index (χ4n) is 5.40. The van der Waals surface area contributed by atoms with Gasteiger partial charge >= 0.3 is 17.9 Å². The Morgan fingerprint density at radius 2 is 0.855 bits per heavy atom. The molecule has 310 valence electrons. The molecule has 0 bridgehead atoms. The molecule has 0 heterocycles. The summed E-state index contributed by atoms with van der Waals surface area (Å²) in [6, 6.07) is 0. The number of esters is 3. The molecular weight excluding hydrogens is 685 g/mol. The van der Waals surface area contributed by atoms with Gasteiger partial charge in [-0.25, -0.2) is 0 Å². The van der Waals surface area contributed by atoms with E-state index in [1.54, 1.807) is 0 Å². The van der Waals surface area contributed by atoms with Crippen molar-refractivity contribution in [3.05, 3.63) is 97.2 Å². The van der Waals surface area contributed by atoms with Gasteiger partial charge in [-0.1, -0.05) is 169 Å². The van der Waals surface area contributed by atoms with Gasteiger partial charge in [0.25, 0.3) is 0 Å². The van der Waals surface area contributed by atoms with Crippen molar-refractivity contribution < 1.29 is 28.6 Å². The fourth-order valence-corrected chi connectivity index (χ4v) is 5.40. The topological polar surface area (TPSA) is 78.9 Å². The van der Waals surface area contributed by atoms with Crippen LogP contribution in [-0.4, -0.2) is 37.2 Å². The maximum Gasteiger partial charge on any atom is 0.306 e. The highest BCUT2D eigenvalue weighted by Crippen LogP contribution is 2.11. The summed E-state index contributed by atoms with van der Waals surface area (Å²) in [6.45, 7) is 6.22. The molecule has 0 amide bonds. The van der Waals surface area contributed by atoms with Crippen LogP contribution in [-0.2, 0) is 28.6 Å². The first-order valence-electron chi connectivity index (χ1n) is 21.8. The molecule has 55 heavy (non-hydrogen) atoms. The minimum atomic E-state index is -0.835. The Balaban J connectivity index is 4.58. The average molecular weight is 763 g/mol. The number of unbranched alkanes of at least 4 members (excludes halogenated alkanes) is 12. The summed E-state index contributed by atoms with van der Waals surface area (Å²) in [6.07, 6.45) is 55.6. The number of allylic oxidation sites excluding steroid dienone is 16. The van der Waals surface area contributed by atoms with E-state index in [1.165, 1.54) is 38.5 Å². The van der Waals surface area contributed by atoms with Crippen LogP contribution in [0.1, 0.15) is 175 Å². The summed E-state index contributed by atoms with van der Waals surface area (Å²) in [5, 5.41) is 0. The van der Waals surface area contributed by atoms with Crippen molar-refractivity contribution in [2.24, 2.45) is 0 Å². The summed E-state index contributed by atoms with van der Waals surface area (Å²) in [4.78, 5) is 37.6. The van der Waals surface area contributed by atoms with Gasteiger partial charge in [-0.15, -0.1) is 0 Å². The molecule has 0 aromatic carbocycles. The van der Waals surface area contributed by atoms with E-state index in [4.69, 9.17) is 14.2 Å². The van der Waals surface area contributed by atoms with Crippen LogP contribution in [0.4, 0.5) is 0 Å². The van der Waals surface area contributed by atoms with Crippen molar-refractivity contribution in [1.82, 2.24) is 0 Å². The highest BCUT2D eigenvalue weighted by molar-refractivity contribution is 5.71. The molecule has 0 aromatic heterocycles. The first kappa shape index (κ1) is 51.3. The monoisotopic (exact) mass is 763 g/mol. The highest BCUT2D eigenvalue weighted by atomic mass is 16.6. The largest absolute Gasteiger partial charge is 0.462 e. The Bertz CT molecular complexity index is 1150. The molecule has 0 spiro atoms. The Morgan fingerprint density at radius 3 is 1.45 bits per heavy atom. The van der Waals surface area contributed by atoms with Gasteiger partial charge in [0, 0.05) is 19.3 Å². The minimum absolute atomic E-state index is 0.128. The quantitative estimate of drug-likeness (QED) is 0.0206. The summed E-state index contributed by atoms with van der Waals surface area (Å²) in [7, 11) is 0. The maximum absolute atomic E-state index is 12.7. The van der Waals surface area contributed by atoms with Crippen LogP contribution in [0.15, 0.2) is 97.2 Å². The van der Waals surface area contributed by atoms with Crippen LogP contribution in [0.5, 0.6) is 0 Å². The van der Waals surface area contributed by atoms with E-state index in [9.17, 15) is 14.4 Å². The van der Waals surface area contributed by atoms with Crippen LogP contribution in [0.3, 0.4) is 0 Å². The van der Waals surface area contributed by atoms with Crippen molar-refractivity contribution in [1.29, 1.82) is 0 Å². The number of carbonyl (C=O) groups excluding carboxylic acids is 3. The minimum Gasteiger partial charge on any atom is -0.462 e. The fraction of sp³-hybridized carbons (Fsp3) is 0.612. The Morgan fingerprint density at radius 1 is 0.400 bits per heavy atom. The number of rotatable bonds is 37. The van der Waals surface area contributed by atoms with Gasteiger partial charge in [0.05, 0.1) is 0 Å². The SMILES string of the molecule is CC\C=C/C=C\C=C/CCCCCCCC(=O)OCC(COC(=O)CCC/C=C\C/C=C\C/C=C\CC)OC(=O)CC/C=C\C/C=C\CCCCCCCC. The van der Waals surface area contributed by atoms with Crippen molar-refractivity contribution in [3.63, 3.8) is 0 Å². The zero-order chi connectivity index (χ0) is 40.1. The van der Waals surface area contributed by atoms with E-state index < -0.39 is 12.1 Å². The second-order valence-corrected chi connectivity index (χ2v) is 13.9. The number of carbonyl (C=O) groups is 3. The second kappa shape index (κ2) is 43.1. The summed E-state index contributed by atoms with van der Waals surface area (Å²) >= 11 is 0. The molecule has 0 fully saturated rings. The van der Waals surface area contributed by atoms with Crippen LogP contribution in [0.25, 0.3) is 0 Å². The Labute approximate surface area is 337 Å². The Kier molecular flexibility index (Phi) is 40.2. The predicted octanol–water partition coefficient (Wildman–Crippen LogP) is 13.9. The normalized spacial score (nSPS) is 13.0. The zero-order valence-electron chi connectivity index (χ0n) is 35.1. The first-order chi connectivity index (χ1) is 27.0. The number of hydrogen-bond donors (Lipinski definition) is 0. The molecule has 0 aromatic rings. The highest BCUT2D eigenvalue weighted by Gasteiger charge is 2.19. The standard InChI is InChI=1S/C49H78O6/c1-4-7-10-13-16-19-22-24-27-30-33-36-39-42-48(51)54-45-46(44-53-47(50)41-38-35-32-29-26-21-18-15-12-9-6-3)55-49(52)43-40-37-34-31-28-25-23-20-17-14-11-8-5-2/h7,9-10,12-13,16,18-19,21-22,25,28-29,32,34,37,46H,4-6,8,11,14-15,17,20,23-24,26-27,30-31,33,35-36,38-45H2,1-3H3/b10-7-,12-9-,16-13-,21-18-,22-19-,28-25-,32-29-,37-34-. The average Bonchev–Trinajstić information content (AvgIpc) is 3.18. The lowest BCUT2D eigenvalue weighted by atomic mass is 10.1. The predicted molar refractivity (Wildman–Crippen MR) is 233 cm³/mol. The molecule has 0 rings (SSSR count). The summed E-state index contributed by atoms with van der Waals surface area (Å²) in [5.74, 6) is -1.09. The molecule has 6 heteroatoms. The Hall–Kier alpha value is -3.67. The van der Waals surface area contributed by atoms with Gasteiger partial charge < -0.3 is 14.2 Å². The third kappa shape index (κ3) is 41.3. The lowest BCUT2D eigenvalue weighted by molar-refractivity contribution is -0.166. The third-order valence-corrected chi connectivity index (χ3v) is 8.63. The van der Waals surface area contributed by atoms with E-state index in [0.29, 0.717) is 19.3 Å². The van der Waals surface area contributed by atoms with Crippen LogP contribution in [0, 0.1) is 0 Å². The van der Waals surface area contributed by atoms with Crippen molar-refractivity contribution in [2.45, 2.75) is 181 Å². The molecular formula is C49H78O6. The molecule has 1 atom stereocenters. The van der Waals surface area contributed by atoms with Gasteiger partial charge in [-0.05, 0) is 83.5 Å². The van der Waals surface area contributed by atoms with Gasteiger partial charge in [0.15, 0.2) is 6.10 Å². The van der Waals surface area contributed by atoms with Gasteiger partial charge in [-0.2, -0.15) is 0 Å². The second-order valence-electron chi connectivity index (χ2n) is 13.9. The van der Waals surface area contributed by atoms with Crippen LogP contribution >= 0.6 is 0 Å². The molecule has 0 aliphatic heterocycles. The molecule has 0 saturated heterocycles. The van der Waals surface area contributed by atoms with Crippen LogP contribution in [0.2, 0.25) is 0 Å². The van der Waals surface area contributed by atoms with Gasteiger partial charge in [-0.3, -0.25) is 14.4 Å². The molecule has 1 unspecified atom stereocenters. The molecule has 0 saturated carbocycles. The molecule has 6 nitrogen and oxygen atoms in total. The summed E-state index contributed by atoms with van der Waals surface area (Å²) in [5.41, 5.74) is 0. The lowest BCUT2D eigenvalue weighted by Gasteiger charge is -2.18. The maximum atomic E-state index is 12.7. The van der Waals surface area contributed by atoms with E-state index in [-0.39, 0.29) is 38.0 Å². The number of ether oxygens (including phenoxy) is 3. The van der Waals surface area contributed by atoms with E-state index >= 15 is 0 Å². The summed E-state index contributed by atoms with van der Waals surface area (Å²) < 4.78 is 16.5. The van der Waals surface area contributed by atoms with Gasteiger partial charge in [0.2, 0.25) is 0 Å². The molecule has 0 aliphatic rings. The van der Waals surface area contributed by atoms with E-state index in [0.717, 1.165) is 83.5 Å².